The molecule has 28 heavy (non-hydrogen) atoms. The van der Waals surface area contributed by atoms with Gasteiger partial charge in [-0.25, -0.2) is 0 Å². The lowest BCUT2D eigenvalue weighted by Gasteiger charge is -2.57. The van der Waals surface area contributed by atoms with Gasteiger partial charge in [0.15, 0.2) is 0 Å². The van der Waals surface area contributed by atoms with Crippen molar-refractivity contribution in [2.75, 3.05) is 13.1 Å². The molecule has 4 aliphatic rings. The van der Waals surface area contributed by atoms with E-state index in [9.17, 15) is 5.11 Å². The molecular formula is C26H45NO. The van der Waals surface area contributed by atoms with Gasteiger partial charge in [-0.3, -0.25) is 0 Å². The normalized spacial score (nSPS) is 46.3. The van der Waals surface area contributed by atoms with Gasteiger partial charge in [-0.1, -0.05) is 45.8 Å². The zero-order chi connectivity index (χ0) is 19.9. The topological polar surface area (TPSA) is 32.3 Å². The Morgan fingerprint density at radius 2 is 1.86 bits per heavy atom. The average molecular weight is 388 g/mol. The molecule has 0 radical (unpaired) electrons. The molecule has 2 heteroatoms. The highest BCUT2D eigenvalue weighted by molar-refractivity contribution is 5.27. The summed E-state index contributed by atoms with van der Waals surface area (Å²) in [6.45, 7) is 12.4. The molecule has 0 bridgehead atoms. The smallest absolute Gasteiger partial charge is 0.0543 e. The van der Waals surface area contributed by atoms with Crippen LogP contribution in [0, 0.1) is 40.4 Å². The first-order valence-corrected chi connectivity index (χ1v) is 12.5. The number of hydrogen-bond acceptors (Lipinski definition) is 2. The van der Waals surface area contributed by atoms with Gasteiger partial charge in [0, 0.05) is 0 Å². The van der Waals surface area contributed by atoms with Crippen molar-refractivity contribution in [1.82, 2.24) is 5.32 Å². The van der Waals surface area contributed by atoms with Crippen LogP contribution in [0.3, 0.4) is 0 Å². The van der Waals surface area contributed by atoms with Gasteiger partial charge < -0.3 is 10.4 Å². The van der Waals surface area contributed by atoms with Crippen molar-refractivity contribution in [3.05, 3.63) is 11.6 Å². The van der Waals surface area contributed by atoms with Crippen LogP contribution in [0.1, 0.15) is 91.9 Å². The molecular weight excluding hydrogens is 342 g/mol. The third kappa shape index (κ3) is 3.41. The zero-order valence-corrected chi connectivity index (χ0v) is 19.0. The minimum atomic E-state index is -0.0428. The van der Waals surface area contributed by atoms with Gasteiger partial charge in [-0.2, -0.15) is 0 Å². The summed E-state index contributed by atoms with van der Waals surface area (Å²) in [7, 11) is 0. The number of aliphatic hydroxyl groups excluding tert-OH is 1. The molecule has 3 saturated carbocycles. The van der Waals surface area contributed by atoms with E-state index >= 15 is 0 Å². The van der Waals surface area contributed by atoms with Crippen LogP contribution < -0.4 is 5.32 Å². The minimum Gasteiger partial charge on any atom is -0.393 e. The molecule has 0 heterocycles. The lowest BCUT2D eigenvalue weighted by atomic mass is 9.47. The van der Waals surface area contributed by atoms with E-state index in [1.165, 1.54) is 64.5 Å². The number of fused-ring (bicyclic) bond motifs is 5. The van der Waals surface area contributed by atoms with Crippen LogP contribution in [0.25, 0.3) is 0 Å². The van der Waals surface area contributed by atoms with Gasteiger partial charge >= 0.3 is 0 Å². The van der Waals surface area contributed by atoms with Gasteiger partial charge in [0.05, 0.1) is 6.10 Å². The molecule has 0 saturated heterocycles. The van der Waals surface area contributed by atoms with Gasteiger partial charge in [-0.15, -0.1) is 0 Å². The molecule has 3 fully saturated rings. The fourth-order valence-corrected chi connectivity index (χ4v) is 8.24. The molecule has 1 unspecified atom stereocenters. The predicted octanol–water partition coefficient (Wildman–Crippen LogP) is 5.95. The Balaban J connectivity index is 1.48. The van der Waals surface area contributed by atoms with Crippen LogP contribution >= 0.6 is 0 Å². The lowest BCUT2D eigenvalue weighted by Crippen LogP contribution is -2.50. The second-order valence-electron chi connectivity index (χ2n) is 11.4. The average Bonchev–Trinajstić information content (AvgIpc) is 3.03. The highest BCUT2D eigenvalue weighted by Crippen LogP contribution is 2.66. The summed E-state index contributed by atoms with van der Waals surface area (Å²) in [4.78, 5) is 0. The number of aliphatic hydroxyl groups is 1. The summed E-state index contributed by atoms with van der Waals surface area (Å²) in [6.07, 6.45) is 15.4. The Morgan fingerprint density at radius 3 is 2.64 bits per heavy atom. The third-order valence-corrected chi connectivity index (χ3v) is 9.99. The minimum absolute atomic E-state index is 0.0428. The first kappa shape index (κ1) is 20.9. The molecule has 0 aromatic rings. The molecule has 2 nitrogen and oxygen atoms in total. The molecule has 0 spiro atoms. The SMILES string of the molecule is CCCCNC[C@@H](C)[C@H]1CC[C@H]2C3=CCC4C[C@@H](O)CC[C@]4(C)[C@H]3CC[C@]12C. The van der Waals surface area contributed by atoms with E-state index in [0.29, 0.717) is 16.7 Å². The molecule has 2 N–H and O–H groups in total. The van der Waals surface area contributed by atoms with E-state index in [4.69, 9.17) is 0 Å². The van der Waals surface area contributed by atoms with Crippen molar-refractivity contribution >= 4 is 0 Å². The van der Waals surface area contributed by atoms with Crippen LogP contribution in [-0.4, -0.2) is 24.3 Å². The number of allylic oxidation sites excluding steroid dienone is 2. The largest absolute Gasteiger partial charge is 0.393 e. The summed E-state index contributed by atoms with van der Waals surface area (Å²) >= 11 is 0. The Hall–Kier alpha value is -0.340. The molecule has 0 amide bonds. The molecule has 0 aromatic heterocycles. The molecule has 0 aromatic carbocycles. The highest BCUT2D eigenvalue weighted by atomic mass is 16.3. The molecule has 160 valence electrons. The van der Waals surface area contributed by atoms with Crippen LogP contribution in [0.2, 0.25) is 0 Å². The van der Waals surface area contributed by atoms with Gasteiger partial charge in [0.2, 0.25) is 0 Å². The monoisotopic (exact) mass is 387 g/mol. The molecule has 4 rings (SSSR count). The van der Waals surface area contributed by atoms with E-state index in [1.54, 1.807) is 0 Å². The Morgan fingerprint density at radius 1 is 1.11 bits per heavy atom. The second-order valence-corrected chi connectivity index (χ2v) is 11.4. The first-order valence-electron chi connectivity index (χ1n) is 12.5. The second kappa shape index (κ2) is 8.06. The van der Waals surface area contributed by atoms with Crippen molar-refractivity contribution < 1.29 is 5.11 Å². The van der Waals surface area contributed by atoms with E-state index in [0.717, 1.165) is 36.5 Å². The highest BCUT2D eigenvalue weighted by Gasteiger charge is 2.58. The summed E-state index contributed by atoms with van der Waals surface area (Å²) in [5.74, 6) is 4.02. The molecule has 0 aliphatic heterocycles. The maximum absolute atomic E-state index is 10.2. The maximum Gasteiger partial charge on any atom is 0.0543 e. The number of unbranched alkanes of at least 4 members (excludes halogenated alkanes) is 1. The van der Waals surface area contributed by atoms with Crippen molar-refractivity contribution in [3.63, 3.8) is 0 Å². The van der Waals surface area contributed by atoms with Gasteiger partial charge in [-0.05, 0) is 111 Å². The first-order chi connectivity index (χ1) is 13.4. The zero-order valence-electron chi connectivity index (χ0n) is 19.0. The fraction of sp³-hybridized carbons (Fsp3) is 0.923. The number of rotatable bonds is 6. The van der Waals surface area contributed by atoms with Crippen molar-refractivity contribution in [2.24, 2.45) is 40.4 Å². The van der Waals surface area contributed by atoms with E-state index in [-0.39, 0.29) is 6.10 Å². The van der Waals surface area contributed by atoms with Crippen LogP contribution in [0.15, 0.2) is 11.6 Å². The molecule has 8 atom stereocenters. The Labute approximate surface area is 173 Å². The predicted molar refractivity (Wildman–Crippen MR) is 118 cm³/mol. The van der Waals surface area contributed by atoms with Crippen LogP contribution in [0.5, 0.6) is 0 Å². The third-order valence-electron chi connectivity index (χ3n) is 9.99. The summed E-state index contributed by atoms with van der Waals surface area (Å²) in [6, 6.07) is 0. The van der Waals surface area contributed by atoms with Gasteiger partial charge in [0.25, 0.3) is 0 Å². The molecule has 4 aliphatic carbocycles. The van der Waals surface area contributed by atoms with E-state index in [2.05, 4.69) is 39.1 Å². The maximum atomic E-state index is 10.2. The van der Waals surface area contributed by atoms with E-state index in [1.807, 2.05) is 5.57 Å². The number of nitrogens with one attached hydrogen (secondary N) is 1. The van der Waals surface area contributed by atoms with Crippen molar-refractivity contribution in [1.29, 1.82) is 0 Å². The quantitative estimate of drug-likeness (QED) is 0.436. The van der Waals surface area contributed by atoms with Crippen LogP contribution in [0.4, 0.5) is 0 Å². The van der Waals surface area contributed by atoms with Crippen molar-refractivity contribution in [3.8, 4) is 0 Å². The van der Waals surface area contributed by atoms with Crippen molar-refractivity contribution in [2.45, 2.75) is 98.0 Å². The van der Waals surface area contributed by atoms with Gasteiger partial charge in [0.1, 0.15) is 0 Å². The summed E-state index contributed by atoms with van der Waals surface area (Å²) < 4.78 is 0. The number of hydrogen-bond donors (Lipinski definition) is 2. The Bertz CT molecular complexity index is 585. The fourth-order valence-electron chi connectivity index (χ4n) is 8.24. The Kier molecular flexibility index (Phi) is 6.02. The lowest BCUT2D eigenvalue weighted by molar-refractivity contribution is -0.0424. The van der Waals surface area contributed by atoms with E-state index < -0.39 is 0 Å². The summed E-state index contributed by atoms with van der Waals surface area (Å²) in [5.41, 5.74) is 2.83. The van der Waals surface area contributed by atoms with Crippen LogP contribution in [-0.2, 0) is 0 Å². The standard InChI is InChI=1S/C26H45NO/c1-5-6-15-27-17-18(2)22-9-10-23-21-8-7-19-16-20(28)11-13-25(19,3)24(21)12-14-26(22,23)4/h8,18-20,22-24,27-28H,5-7,9-17H2,1-4H3/t18-,19?,20+,22-,23+,24+,25+,26-/m1/s1. The summed E-state index contributed by atoms with van der Waals surface area (Å²) in [5, 5.41) is 14.0.